The van der Waals surface area contributed by atoms with Crippen molar-refractivity contribution >= 4 is 11.8 Å². The molecule has 0 radical (unpaired) electrons. The predicted molar refractivity (Wildman–Crippen MR) is 86.5 cm³/mol. The molecule has 0 aliphatic rings. The summed E-state index contributed by atoms with van der Waals surface area (Å²) in [5, 5.41) is 21.0. The number of benzene rings is 2. The lowest BCUT2D eigenvalue weighted by atomic mass is 10.2. The van der Waals surface area contributed by atoms with Crippen LogP contribution in [0.4, 0.5) is 5.69 Å². The molecule has 0 saturated carbocycles. The summed E-state index contributed by atoms with van der Waals surface area (Å²) < 4.78 is 10.9. The Hall–Kier alpha value is -3.42. The largest absolute Gasteiger partial charge is 0.493 e. The van der Waals surface area contributed by atoms with Gasteiger partial charge in [-0.1, -0.05) is 6.07 Å². The minimum atomic E-state index is -0.550. The first-order valence-electron chi connectivity index (χ1n) is 6.85. The fourth-order valence-electron chi connectivity index (χ4n) is 1.93. The molecule has 8 nitrogen and oxygen atoms in total. The molecule has 0 aliphatic heterocycles. The number of methoxy groups -OCH3 is 1. The highest BCUT2D eigenvalue weighted by atomic mass is 16.6. The van der Waals surface area contributed by atoms with Crippen LogP contribution in [0.2, 0.25) is 0 Å². The number of non-ortho nitro benzene ring substituents is 1. The average molecular weight is 330 g/mol. The van der Waals surface area contributed by atoms with Gasteiger partial charge in [-0.2, -0.15) is 0 Å². The third-order valence-corrected chi connectivity index (χ3v) is 3.12. The summed E-state index contributed by atoms with van der Waals surface area (Å²) in [5.74, 6) is 0.900. The summed E-state index contributed by atoms with van der Waals surface area (Å²) in [5.41, 5.74) is 1.38. The molecule has 0 spiro atoms. The van der Waals surface area contributed by atoms with E-state index < -0.39 is 9.85 Å². The van der Waals surface area contributed by atoms with Crippen LogP contribution in [0.5, 0.6) is 11.5 Å². The molecule has 0 unspecified atom stereocenters. The lowest BCUT2D eigenvalue weighted by Crippen LogP contribution is -1.98. The Morgan fingerprint density at radius 2 is 1.75 bits per heavy atom. The summed E-state index contributed by atoms with van der Waals surface area (Å²) >= 11 is 0. The molecule has 2 aromatic carbocycles. The SMILES string of the molecule is COc1cc(/C=C\[N+](=O)[O-])ccc1OCc1ccc([N+](=O)[O-])cc1. The quantitative estimate of drug-likeness (QED) is 0.569. The molecule has 0 aromatic heterocycles. The Bertz CT molecular complexity index is 771. The van der Waals surface area contributed by atoms with Crippen molar-refractivity contribution in [3.63, 3.8) is 0 Å². The molecule has 124 valence electrons. The fraction of sp³-hybridized carbons (Fsp3) is 0.125. The van der Waals surface area contributed by atoms with E-state index in [9.17, 15) is 20.2 Å². The lowest BCUT2D eigenvalue weighted by molar-refractivity contribution is -0.400. The van der Waals surface area contributed by atoms with E-state index in [1.165, 1.54) is 25.3 Å². The zero-order valence-electron chi connectivity index (χ0n) is 12.7. The molecule has 0 bridgehead atoms. The number of nitro groups is 2. The van der Waals surface area contributed by atoms with E-state index in [1.54, 1.807) is 30.3 Å². The molecule has 8 heteroatoms. The molecule has 0 fully saturated rings. The van der Waals surface area contributed by atoms with Crippen LogP contribution in [0.15, 0.2) is 48.7 Å². The standard InChI is InChI=1S/C16H14N2O6/c1-23-16-10-12(8-9-17(19)20)4-7-15(16)24-11-13-2-5-14(6-3-13)18(21)22/h2-10H,11H2,1H3/b9-8-. The van der Waals surface area contributed by atoms with Gasteiger partial charge < -0.3 is 9.47 Å². The first kappa shape index (κ1) is 16.9. The molecule has 2 aromatic rings. The summed E-state index contributed by atoms with van der Waals surface area (Å²) in [6, 6.07) is 10.9. The smallest absolute Gasteiger partial charge is 0.269 e. The third kappa shape index (κ3) is 4.54. The van der Waals surface area contributed by atoms with Crippen molar-refractivity contribution in [1.29, 1.82) is 0 Å². The first-order valence-corrected chi connectivity index (χ1v) is 6.85. The summed E-state index contributed by atoms with van der Waals surface area (Å²) in [6.45, 7) is 0.207. The zero-order chi connectivity index (χ0) is 17.5. The third-order valence-electron chi connectivity index (χ3n) is 3.12. The molecule has 2 rings (SSSR count). The minimum Gasteiger partial charge on any atom is -0.493 e. The Kier molecular flexibility index (Phi) is 5.45. The molecular formula is C16H14N2O6. The Morgan fingerprint density at radius 1 is 1.04 bits per heavy atom. The molecule has 0 amide bonds. The van der Waals surface area contributed by atoms with Crippen molar-refractivity contribution in [3.8, 4) is 11.5 Å². The number of hydrogen-bond acceptors (Lipinski definition) is 6. The lowest BCUT2D eigenvalue weighted by Gasteiger charge is -2.11. The van der Waals surface area contributed by atoms with Gasteiger partial charge in [-0.3, -0.25) is 20.2 Å². The van der Waals surface area contributed by atoms with Crippen LogP contribution in [0.25, 0.3) is 6.08 Å². The van der Waals surface area contributed by atoms with Gasteiger partial charge in [-0.05, 0) is 35.4 Å². The zero-order valence-corrected chi connectivity index (χ0v) is 12.7. The van der Waals surface area contributed by atoms with Gasteiger partial charge in [-0.25, -0.2) is 0 Å². The molecule has 0 atom stereocenters. The van der Waals surface area contributed by atoms with Crippen LogP contribution in [-0.2, 0) is 6.61 Å². The number of nitro benzene ring substituents is 1. The van der Waals surface area contributed by atoms with E-state index in [1.807, 2.05) is 0 Å². The van der Waals surface area contributed by atoms with E-state index in [-0.39, 0.29) is 12.3 Å². The number of rotatable bonds is 7. The Balaban J connectivity index is 2.08. The van der Waals surface area contributed by atoms with Gasteiger partial charge >= 0.3 is 0 Å². The van der Waals surface area contributed by atoms with E-state index in [0.29, 0.717) is 17.1 Å². The van der Waals surface area contributed by atoms with Gasteiger partial charge in [0.1, 0.15) is 6.61 Å². The van der Waals surface area contributed by atoms with Gasteiger partial charge in [0.05, 0.1) is 17.0 Å². The van der Waals surface area contributed by atoms with Crippen molar-refractivity contribution in [3.05, 3.63) is 80.0 Å². The van der Waals surface area contributed by atoms with Crippen LogP contribution in [0, 0.1) is 20.2 Å². The number of nitrogens with zero attached hydrogens (tertiary/aromatic N) is 2. The van der Waals surface area contributed by atoms with Crippen molar-refractivity contribution in [2.24, 2.45) is 0 Å². The van der Waals surface area contributed by atoms with Crippen molar-refractivity contribution in [2.45, 2.75) is 6.61 Å². The second-order valence-corrected chi connectivity index (χ2v) is 4.72. The predicted octanol–water partition coefficient (Wildman–Crippen LogP) is 3.43. The maximum Gasteiger partial charge on any atom is 0.269 e. The van der Waals surface area contributed by atoms with Crippen molar-refractivity contribution in [2.75, 3.05) is 7.11 Å². The van der Waals surface area contributed by atoms with Crippen LogP contribution < -0.4 is 9.47 Å². The van der Waals surface area contributed by atoms with Crippen LogP contribution in [0.3, 0.4) is 0 Å². The summed E-state index contributed by atoms with van der Waals surface area (Å²) in [4.78, 5) is 19.9. The molecular weight excluding hydrogens is 316 g/mol. The minimum absolute atomic E-state index is 0.0123. The molecule has 0 heterocycles. The average Bonchev–Trinajstić information content (AvgIpc) is 2.58. The summed E-state index contributed by atoms with van der Waals surface area (Å²) in [7, 11) is 1.47. The summed E-state index contributed by atoms with van der Waals surface area (Å²) in [6.07, 6.45) is 2.19. The van der Waals surface area contributed by atoms with Gasteiger partial charge in [-0.15, -0.1) is 0 Å². The fourth-order valence-corrected chi connectivity index (χ4v) is 1.93. The van der Waals surface area contributed by atoms with Crippen LogP contribution >= 0.6 is 0 Å². The molecule has 0 saturated heterocycles. The number of ether oxygens (including phenoxy) is 2. The molecule has 0 N–H and O–H groups in total. The highest BCUT2D eigenvalue weighted by Gasteiger charge is 2.07. The van der Waals surface area contributed by atoms with Crippen molar-refractivity contribution in [1.82, 2.24) is 0 Å². The van der Waals surface area contributed by atoms with E-state index in [0.717, 1.165) is 11.8 Å². The maximum atomic E-state index is 10.6. The van der Waals surface area contributed by atoms with Crippen LogP contribution in [0.1, 0.15) is 11.1 Å². The van der Waals surface area contributed by atoms with Gasteiger partial charge in [0.25, 0.3) is 5.69 Å². The maximum absolute atomic E-state index is 10.6. The van der Waals surface area contributed by atoms with E-state index in [4.69, 9.17) is 9.47 Å². The second-order valence-electron chi connectivity index (χ2n) is 4.72. The number of hydrogen-bond donors (Lipinski definition) is 0. The normalized spacial score (nSPS) is 10.5. The second kappa shape index (κ2) is 7.73. The van der Waals surface area contributed by atoms with Crippen LogP contribution in [-0.4, -0.2) is 17.0 Å². The monoisotopic (exact) mass is 330 g/mol. The molecule has 0 aliphatic carbocycles. The Morgan fingerprint density at radius 3 is 2.33 bits per heavy atom. The Labute approximate surface area is 137 Å². The highest BCUT2D eigenvalue weighted by molar-refractivity contribution is 5.55. The van der Waals surface area contributed by atoms with Gasteiger partial charge in [0.2, 0.25) is 6.20 Å². The molecule has 24 heavy (non-hydrogen) atoms. The van der Waals surface area contributed by atoms with Gasteiger partial charge in [0.15, 0.2) is 11.5 Å². The van der Waals surface area contributed by atoms with E-state index >= 15 is 0 Å². The van der Waals surface area contributed by atoms with E-state index in [2.05, 4.69) is 0 Å². The first-order chi connectivity index (χ1) is 11.5. The topological polar surface area (TPSA) is 105 Å². The highest BCUT2D eigenvalue weighted by Crippen LogP contribution is 2.29. The van der Waals surface area contributed by atoms with Crippen molar-refractivity contribution < 1.29 is 19.3 Å². The van der Waals surface area contributed by atoms with Gasteiger partial charge in [0, 0.05) is 18.2 Å².